The number of benzene rings is 2. The minimum Gasteiger partial charge on any atom is -0.508 e. The van der Waals surface area contributed by atoms with E-state index in [0.29, 0.717) is 11.4 Å². The lowest BCUT2D eigenvalue weighted by Crippen LogP contribution is -2.09. The summed E-state index contributed by atoms with van der Waals surface area (Å²) in [6.45, 7) is 3.61. The second-order valence-corrected chi connectivity index (χ2v) is 4.95. The molecule has 0 spiro atoms. The summed E-state index contributed by atoms with van der Waals surface area (Å²) in [4.78, 5) is 11.9. The van der Waals surface area contributed by atoms with Gasteiger partial charge >= 0.3 is 0 Å². The van der Waals surface area contributed by atoms with Crippen molar-refractivity contribution in [3.05, 3.63) is 59.2 Å². The fraction of sp³-hybridized carbons (Fsp3) is 0.118. The van der Waals surface area contributed by atoms with Gasteiger partial charge in [0.1, 0.15) is 5.75 Å². The highest BCUT2D eigenvalue weighted by atomic mass is 16.3. The molecule has 4 heteroatoms. The van der Waals surface area contributed by atoms with E-state index < -0.39 is 0 Å². The number of aromatic hydroxyl groups is 1. The molecular weight excluding hydrogens is 264 g/mol. The van der Waals surface area contributed by atoms with Crippen LogP contribution in [0, 0.1) is 13.8 Å². The summed E-state index contributed by atoms with van der Waals surface area (Å²) in [5.41, 5.74) is 9.42. The van der Waals surface area contributed by atoms with E-state index in [1.807, 2.05) is 19.1 Å². The smallest absolute Gasteiger partial charge is 0.248 e. The summed E-state index contributed by atoms with van der Waals surface area (Å²) in [5, 5.41) is 12.4. The van der Waals surface area contributed by atoms with E-state index in [9.17, 15) is 9.90 Å². The maximum Gasteiger partial charge on any atom is 0.248 e. The van der Waals surface area contributed by atoms with E-state index in [1.54, 1.807) is 37.3 Å². The van der Waals surface area contributed by atoms with E-state index >= 15 is 0 Å². The number of anilines is 2. The summed E-state index contributed by atoms with van der Waals surface area (Å²) in [5.74, 6) is -0.00795. The first kappa shape index (κ1) is 14.7. The average molecular weight is 282 g/mol. The zero-order valence-electron chi connectivity index (χ0n) is 12.1. The van der Waals surface area contributed by atoms with Crippen molar-refractivity contribution < 1.29 is 9.90 Å². The molecule has 0 aromatic heterocycles. The Kier molecular flexibility index (Phi) is 4.28. The second kappa shape index (κ2) is 6.13. The molecule has 0 fully saturated rings. The highest BCUT2D eigenvalue weighted by Gasteiger charge is 2.05. The van der Waals surface area contributed by atoms with Gasteiger partial charge < -0.3 is 16.2 Å². The topological polar surface area (TPSA) is 75.4 Å². The maximum absolute atomic E-state index is 11.9. The highest BCUT2D eigenvalue weighted by Crippen LogP contribution is 2.24. The Labute approximate surface area is 123 Å². The Morgan fingerprint density at radius 3 is 2.67 bits per heavy atom. The molecule has 2 aromatic carbocycles. The molecule has 0 aliphatic rings. The molecule has 0 radical (unpaired) electrons. The number of phenolic OH excluding ortho intramolecular Hbond substituents is 1. The maximum atomic E-state index is 11.9. The van der Waals surface area contributed by atoms with Gasteiger partial charge in [0.05, 0.1) is 0 Å². The summed E-state index contributed by atoms with van der Waals surface area (Å²) < 4.78 is 0. The molecule has 0 aliphatic heterocycles. The van der Waals surface area contributed by atoms with Gasteiger partial charge in [-0.25, -0.2) is 0 Å². The highest BCUT2D eigenvalue weighted by molar-refractivity contribution is 6.02. The van der Waals surface area contributed by atoms with Gasteiger partial charge in [0.2, 0.25) is 5.91 Å². The Bertz CT molecular complexity index is 706. The first-order chi connectivity index (χ1) is 9.95. The quantitative estimate of drug-likeness (QED) is 0.459. The molecule has 0 saturated carbocycles. The number of aryl methyl sites for hydroxylation is 2. The second-order valence-electron chi connectivity index (χ2n) is 4.95. The zero-order chi connectivity index (χ0) is 15.4. The number of hydrogen-bond acceptors (Lipinski definition) is 3. The number of hydrogen-bond donors (Lipinski definition) is 3. The third kappa shape index (κ3) is 3.86. The number of nitrogen functional groups attached to an aromatic ring is 1. The molecule has 0 aliphatic carbocycles. The molecule has 4 N–H and O–H groups in total. The van der Waals surface area contributed by atoms with Crippen LogP contribution in [0.15, 0.2) is 42.5 Å². The summed E-state index contributed by atoms with van der Waals surface area (Å²) in [7, 11) is 0. The van der Waals surface area contributed by atoms with Gasteiger partial charge in [-0.3, -0.25) is 4.79 Å². The van der Waals surface area contributed by atoms with Crippen LogP contribution in [0.5, 0.6) is 5.75 Å². The normalized spacial score (nSPS) is 10.8. The summed E-state index contributed by atoms with van der Waals surface area (Å²) >= 11 is 0. The summed E-state index contributed by atoms with van der Waals surface area (Å²) in [6.07, 6.45) is 3.16. The lowest BCUT2D eigenvalue weighted by atomic mass is 10.1. The van der Waals surface area contributed by atoms with Crippen LogP contribution in [0.4, 0.5) is 11.4 Å². The van der Waals surface area contributed by atoms with Crippen molar-refractivity contribution in [3.63, 3.8) is 0 Å². The Balaban J connectivity index is 2.10. The first-order valence-corrected chi connectivity index (χ1v) is 6.60. The van der Waals surface area contributed by atoms with Crippen LogP contribution in [0.1, 0.15) is 16.7 Å². The van der Waals surface area contributed by atoms with Gasteiger partial charge in [-0.1, -0.05) is 12.1 Å². The standard InChI is InChI=1S/C17H18N2O2/c1-11-9-16(20)12(2)8-15(11)19-17(21)7-6-13-4-3-5-14(18)10-13/h3-10,20H,18H2,1-2H3,(H,19,21)/b7-6+. The minimum absolute atomic E-state index is 0.223. The molecule has 0 bridgehead atoms. The SMILES string of the molecule is Cc1cc(NC(=O)/C=C/c2cccc(N)c2)c(C)cc1O. The third-order valence-electron chi connectivity index (χ3n) is 3.14. The van der Waals surface area contributed by atoms with Crippen molar-refractivity contribution >= 4 is 23.4 Å². The number of nitrogens with one attached hydrogen (secondary N) is 1. The van der Waals surface area contributed by atoms with E-state index in [2.05, 4.69) is 5.32 Å². The van der Waals surface area contributed by atoms with Crippen molar-refractivity contribution in [2.45, 2.75) is 13.8 Å². The van der Waals surface area contributed by atoms with Crippen molar-refractivity contribution in [1.29, 1.82) is 0 Å². The monoisotopic (exact) mass is 282 g/mol. The number of phenols is 1. The molecule has 0 heterocycles. The van der Waals surface area contributed by atoms with Crippen LogP contribution in [0.3, 0.4) is 0 Å². The lowest BCUT2D eigenvalue weighted by Gasteiger charge is -2.09. The fourth-order valence-electron chi connectivity index (χ4n) is 1.94. The van der Waals surface area contributed by atoms with Gasteiger partial charge in [0, 0.05) is 17.5 Å². The third-order valence-corrected chi connectivity index (χ3v) is 3.14. The van der Waals surface area contributed by atoms with Gasteiger partial charge in [0.15, 0.2) is 0 Å². The molecule has 108 valence electrons. The molecule has 1 amide bonds. The Morgan fingerprint density at radius 1 is 1.19 bits per heavy atom. The van der Waals surface area contributed by atoms with E-state index in [1.165, 1.54) is 6.08 Å². The Morgan fingerprint density at radius 2 is 1.95 bits per heavy atom. The van der Waals surface area contributed by atoms with Crippen molar-refractivity contribution in [2.75, 3.05) is 11.1 Å². The molecule has 0 saturated heterocycles. The predicted octanol–water partition coefficient (Wildman–Crippen LogP) is 3.24. The van der Waals surface area contributed by atoms with Crippen molar-refractivity contribution in [1.82, 2.24) is 0 Å². The number of nitrogens with two attached hydrogens (primary N) is 1. The Hall–Kier alpha value is -2.75. The minimum atomic E-state index is -0.231. The predicted molar refractivity (Wildman–Crippen MR) is 86.1 cm³/mol. The van der Waals surface area contributed by atoms with Crippen molar-refractivity contribution in [3.8, 4) is 5.75 Å². The van der Waals surface area contributed by atoms with Crippen molar-refractivity contribution in [2.24, 2.45) is 0 Å². The number of carbonyl (C=O) groups excluding carboxylic acids is 1. The van der Waals surface area contributed by atoms with Crippen LogP contribution >= 0.6 is 0 Å². The van der Waals surface area contributed by atoms with Crippen LogP contribution in [-0.2, 0) is 4.79 Å². The van der Waals surface area contributed by atoms with E-state index in [0.717, 1.165) is 16.7 Å². The molecule has 2 rings (SSSR count). The van der Waals surface area contributed by atoms with Gasteiger partial charge in [0.25, 0.3) is 0 Å². The summed E-state index contributed by atoms with van der Waals surface area (Å²) in [6, 6.07) is 10.7. The molecule has 2 aromatic rings. The number of carbonyl (C=O) groups is 1. The van der Waals surface area contributed by atoms with E-state index in [4.69, 9.17) is 5.73 Å². The fourth-order valence-corrected chi connectivity index (χ4v) is 1.94. The molecule has 21 heavy (non-hydrogen) atoms. The number of amides is 1. The number of rotatable bonds is 3. The first-order valence-electron chi connectivity index (χ1n) is 6.60. The average Bonchev–Trinajstić information content (AvgIpc) is 2.43. The largest absolute Gasteiger partial charge is 0.508 e. The molecular formula is C17H18N2O2. The van der Waals surface area contributed by atoms with Gasteiger partial charge in [-0.05, 0) is 60.9 Å². The van der Waals surface area contributed by atoms with Gasteiger partial charge in [-0.2, -0.15) is 0 Å². The van der Waals surface area contributed by atoms with Crippen LogP contribution in [0.25, 0.3) is 6.08 Å². The van der Waals surface area contributed by atoms with Crippen LogP contribution in [0.2, 0.25) is 0 Å². The lowest BCUT2D eigenvalue weighted by molar-refractivity contribution is -0.111. The van der Waals surface area contributed by atoms with Crippen LogP contribution in [-0.4, -0.2) is 11.0 Å². The molecule has 4 nitrogen and oxygen atoms in total. The van der Waals surface area contributed by atoms with Crippen LogP contribution < -0.4 is 11.1 Å². The molecule has 0 unspecified atom stereocenters. The van der Waals surface area contributed by atoms with Gasteiger partial charge in [-0.15, -0.1) is 0 Å². The zero-order valence-corrected chi connectivity index (χ0v) is 12.1. The van der Waals surface area contributed by atoms with E-state index in [-0.39, 0.29) is 11.7 Å². The molecule has 0 atom stereocenters.